The number of fused-ring (bicyclic) bond motifs is 1. The molecule has 3 aromatic rings. The van der Waals surface area contributed by atoms with Crippen LogP contribution in [0.15, 0.2) is 36.9 Å². The Morgan fingerprint density at radius 2 is 1.79 bits per heavy atom. The van der Waals surface area contributed by atoms with Gasteiger partial charge in [-0.15, -0.1) is 0 Å². The van der Waals surface area contributed by atoms with E-state index in [0.717, 1.165) is 75.3 Å². The molecule has 0 amide bonds. The number of piperidine rings is 1. The van der Waals surface area contributed by atoms with Crippen molar-refractivity contribution in [1.82, 2.24) is 24.6 Å². The van der Waals surface area contributed by atoms with Gasteiger partial charge in [-0.25, -0.2) is 14.5 Å². The van der Waals surface area contributed by atoms with E-state index in [1.165, 1.54) is 0 Å². The van der Waals surface area contributed by atoms with Gasteiger partial charge in [-0.1, -0.05) is 0 Å². The van der Waals surface area contributed by atoms with Crippen molar-refractivity contribution in [2.24, 2.45) is 0 Å². The average molecular weight is 380 g/mol. The fourth-order valence-corrected chi connectivity index (χ4v) is 3.88. The lowest BCUT2D eigenvalue weighted by atomic mass is 10.0. The van der Waals surface area contributed by atoms with E-state index in [2.05, 4.69) is 30.2 Å². The van der Waals surface area contributed by atoms with E-state index in [0.29, 0.717) is 6.04 Å². The molecular formula is C19H24N8O. The zero-order chi connectivity index (χ0) is 18.8. The van der Waals surface area contributed by atoms with Crippen LogP contribution in [0.25, 0.3) is 5.52 Å². The van der Waals surface area contributed by atoms with E-state index in [9.17, 15) is 0 Å². The maximum absolute atomic E-state index is 5.41. The molecule has 9 heteroatoms. The van der Waals surface area contributed by atoms with Gasteiger partial charge in [-0.05, 0) is 25.0 Å². The van der Waals surface area contributed by atoms with Gasteiger partial charge in [0.25, 0.3) is 0 Å². The highest BCUT2D eigenvalue weighted by atomic mass is 16.5. The summed E-state index contributed by atoms with van der Waals surface area (Å²) in [5.41, 5.74) is 1.06. The molecule has 5 heterocycles. The largest absolute Gasteiger partial charge is 0.378 e. The molecule has 0 saturated carbocycles. The van der Waals surface area contributed by atoms with E-state index >= 15 is 0 Å². The highest BCUT2D eigenvalue weighted by molar-refractivity contribution is 5.68. The number of hydrogen-bond donors (Lipinski definition) is 1. The molecule has 2 aliphatic heterocycles. The van der Waals surface area contributed by atoms with Gasteiger partial charge < -0.3 is 19.9 Å². The van der Waals surface area contributed by atoms with Crippen molar-refractivity contribution in [3.8, 4) is 0 Å². The third-order valence-electron chi connectivity index (χ3n) is 5.39. The minimum Gasteiger partial charge on any atom is -0.378 e. The first-order valence-electron chi connectivity index (χ1n) is 9.82. The van der Waals surface area contributed by atoms with Gasteiger partial charge in [0, 0.05) is 50.8 Å². The minimum absolute atomic E-state index is 0.397. The predicted octanol–water partition coefficient (Wildman–Crippen LogP) is 1.44. The first-order chi connectivity index (χ1) is 13.9. The van der Waals surface area contributed by atoms with Gasteiger partial charge in [0.1, 0.15) is 11.3 Å². The predicted molar refractivity (Wildman–Crippen MR) is 107 cm³/mol. The number of anilines is 3. The van der Waals surface area contributed by atoms with Crippen LogP contribution in [0.1, 0.15) is 12.8 Å². The molecule has 9 nitrogen and oxygen atoms in total. The Morgan fingerprint density at radius 1 is 0.929 bits per heavy atom. The highest BCUT2D eigenvalue weighted by Crippen LogP contribution is 2.24. The summed E-state index contributed by atoms with van der Waals surface area (Å²) in [4.78, 5) is 18.2. The Labute approximate surface area is 163 Å². The summed E-state index contributed by atoms with van der Waals surface area (Å²) >= 11 is 0. The number of nitrogens with zero attached hydrogens (tertiary/aromatic N) is 7. The van der Waals surface area contributed by atoms with Crippen molar-refractivity contribution in [3.63, 3.8) is 0 Å². The standard InChI is InChI=1S/C19H24N8O/c1-6-22-27-10-7-20-18(16(1)27)25-8-3-15(4-9-25)23-17-2-5-21-19(24-17)26-11-13-28-14-12-26/h1-2,5-7,10,15H,3-4,8-9,11-14H2,(H,21,23,24). The first-order valence-corrected chi connectivity index (χ1v) is 9.82. The Bertz CT molecular complexity index is 930. The lowest BCUT2D eigenvalue weighted by Crippen LogP contribution is -2.40. The molecular weight excluding hydrogens is 356 g/mol. The van der Waals surface area contributed by atoms with Crippen molar-refractivity contribution in [2.45, 2.75) is 18.9 Å². The Balaban J connectivity index is 1.22. The quantitative estimate of drug-likeness (QED) is 0.728. The third kappa shape index (κ3) is 3.45. The molecule has 3 aromatic heterocycles. The molecule has 2 fully saturated rings. The van der Waals surface area contributed by atoms with Gasteiger partial charge in [0.15, 0.2) is 5.82 Å². The monoisotopic (exact) mass is 380 g/mol. The Kier molecular flexibility index (Phi) is 4.66. The average Bonchev–Trinajstić information content (AvgIpc) is 3.24. The summed E-state index contributed by atoms with van der Waals surface area (Å²) in [5, 5.41) is 7.89. The maximum Gasteiger partial charge on any atom is 0.227 e. The van der Waals surface area contributed by atoms with E-state index in [1.807, 2.05) is 41.4 Å². The molecule has 2 saturated heterocycles. The molecule has 146 valence electrons. The molecule has 0 unspecified atom stereocenters. The molecule has 0 aliphatic carbocycles. The van der Waals surface area contributed by atoms with Crippen LogP contribution in [-0.4, -0.2) is 70.0 Å². The number of rotatable bonds is 4. The van der Waals surface area contributed by atoms with E-state index < -0.39 is 0 Å². The zero-order valence-electron chi connectivity index (χ0n) is 15.7. The van der Waals surface area contributed by atoms with Crippen LogP contribution in [0, 0.1) is 0 Å². The Hall–Kier alpha value is -2.94. The van der Waals surface area contributed by atoms with Crippen LogP contribution >= 0.6 is 0 Å². The van der Waals surface area contributed by atoms with Crippen LogP contribution in [0.2, 0.25) is 0 Å². The van der Waals surface area contributed by atoms with Crippen LogP contribution in [0.4, 0.5) is 17.6 Å². The number of nitrogens with one attached hydrogen (secondary N) is 1. The molecule has 5 rings (SSSR count). The molecule has 1 N–H and O–H groups in total. The molecule has 2 aliphatic rings. The van der Waals surface area contributed by atoms with Crippen molar-refractivity contribution >= 4 is 23.1 Å². The molecule has 28 heavy (non-hydrogen) atoms. The Morgan fingerprint density at radius 3 is 2.64 bits per heavy atom. The summed E-state index contributed by atoms with van der Waals surface area (Å²) in [6.07, 6.45) is 9.42. The molecule has 0 atom stereocenters. The second-order valence-corrected chi connectivity index (χ2v) is 7.16. The van der Waals surface area contributed by atoms with Gasteiger partial charge in [0.2, 0.25) is 5.95 Å². The number of aromatic nitrogens is 5. The smallest absolute Gasteiger partial charge is 0.227 e. The second kappa shape index (κ2) is 7.59. The molecule has 0 radical (unpaired) electrons. The molecule has 0 bridgehead atoms. The second-order valence-electron chi connectivity index (χ2n) is 7.16. The highest BCUT2D eigenvalue weighted by Gasteiger charge is 2.22. The van der Waals surface area contributed by atoms with Crippen molar-refractivity contribution in [2.75, 3.05) is 54.5 Å². The summed E-state index contributed by atoms with van der Waals surface area (Å²) in [7, 11) is 0. The fourth-order valence-electron chi connectivity index (χ4n) is 3.88. The third-order valence-corrected chi connectivity index (χ3v) is 5.39. The van der Waals surface area contributed by atoms with Gasteiger partial charge >= 0.3 is 0 Å². The van der Waals surface area contributed by atoms with E-state index in [4.69, 9.17) is 9.72 Å². The van der Waals surface area contributed by atoms with Crippen LogP contribution < -0.4 is 15.1 Å². The van der Waals surface area contributed by atoms with Crippen LogP contribution in [-0.2, 0) is 4.74 Å². The van der Waals surface area contributed by atoms with E-state index in [1.54, 1.807) is 0 Å². The van der Waals surface area contributed by atoms with E-state index in [-0.39, 0.29) is 0 Å². The van der Waals surface area contributed by atoms with Crippen molar-refractivity contribution in [1.29, 1.82) is 0 Å². The van der Waals surface area contributed by atoms with Gasteiger partial charge in [0.05, 0.1) is 19.4 Å². The maximum atomic E-state index is 5.41. The molecule has 0 aromatic carbocycles. The zero-order valence-corrected chi connectivity index (χ0v) is 15.7. The van der Waals surface area contributed by atoms with Crippen LogP contribution in [0.5, 0.6) is 0 Å². The summed E-state index contributed by atoms with van der Waals surface area (Å²) in [6.45, 7) is 5.06. The van der Waals surface area contributed by atoms with Gasteiger partial charge in [-0.3, -0.25) is 0 Å². The minimum atomic E-state index is 0.397. The lowest BCUT2D eigenvalue weighted by Gasteiger charge is -2.33. The van der Waals surface area contributed by atoms with Crippen molar-refractivity contribution < 1.29 is 4.74 Å². The lowest BCUT2D eigenvalue weighted by molar-refractivity contribution is 0.122. The summed E-state index contributed by atoms with van der Waals surface area (Å²) in [6, 6.07) is 4.36. The summed E-state index contributed by atoms with van der Waals surface area (Å²) < 4.78 is 7.29. The van der Waals surface area contributed by atoms with Gasteiger partial charge in [-0.2, -0.15) is 10.1 Å². The number of ether oxygens (including phenoxy) is 1. The SMILES string of the molecule is c1cc(NC2CCN(c3nccn4nccc34)CC2)nc(N2CCOCC2)n1. The van der Waals surface area contributed by atoms with Crippen LogP contribution in [0.3, 0.4) is 0 Å². The molecule has 0 spiro atoms. The number of hydrogen-bond acceptors (Lipinski definition) is 8. The number of morpholine rings is 1. The fraction of sp³-hybridized carbons (Fsp3) is 0.474. The summed E-state index contributed by atoms with van der Waals surface area (Å²) in [5.74, 6) is 2.68. The topological polar surface area (TPSA) is 83.7 Å². The normalized spacial score (nSPS) is 18.6. The first kappa shape index (κ1) is 17.2. The van der Waals surface area contributed by atoms with Crippen molar-refractivity contribution in [3.05, 3.63) is 36.9 Å².